The molecule has 4 rings (SSSR count). The summed E-state index contributed by atoms with van der Waals surface area (Å²) in [5.74, 6) is 0. The second-order valence-electron chi connectivity index (χ2n) is 6.41. The Morgan fingerprint density at radius 3 is 0.944 bits per heavy atom. The molecule has 0 saturated carbocycles. The van der Waals surface area contributed by atoms with Crippen molar-refractivity contribution in [1.29, 1.82) is 0 Å². The molecule has 0 saturated heterocycles. The van der Waals surface area contributed by atoms with E-state index in [1.54, 1.807) is 6.26 Å². The van der Waals surface area contributed by atoms with E-state index in [4.69, 9.17) is 18.2 Å². The van der Waals surface area contributed by atoms with Crippen LogP contribution >= 0.6 is 12.0 Å². The summed E-state index contributed by atoms with van der Waals surface area (Å²) in [5.41, 5.74) is 0. The third kappa shape index (κ3) is 25.2. The van der Waals surface area contributed by atoms with E-state index in [9.17, 15) is 0 Å². The maximum Gasteiger partial charge on any atom is 1.00 e. The molecule has 0 unspecified atom stereocenters. The third-order valence-electron chi connectivity index (χ3n) is 3.41. The molecule has 0 aromatic heterocycles. The molecular weight excluding hydrogens is 518 g/mol. The van der Waals surface area contributed by atoms with Gasteiger partial charge < -0.3 is 9.81 Å². The molecule has 0 N–H and O–H groups in total. The zero-order valence-electron chi connectivity index (χ0n) is 21.2. The van der Waals surface area contributed by atoms with Crippen LogP contribution in [0.1, 0.15) is 27.7 Å². The first-order chi connectivity index (χ1) is 15.8. The normalized spacial score (nSPS) is 8.83. The van der Waals surface area contributed by atoms with Crippen molar-refractivity contribution in [3.8, 4) is 0 Å². The van der Waals surface area contributed by atoms with Gasteiger partial charge in [0.2, 0.25) is 0 Å². The van der Waals surface area contributed by atoms with Crippen LogP contribution in [0.25, 0.3) is 21.5 Å². The quantitative estimate of drug-likeness (QED) is 0.117. The van der Waals surface area contributed by atoms with Gasteiger partial charge in [0.05, 0.1) is 10.1 Å². The van der Waals surface area contributed by atoms with Crippen LogP contribution in [0.2, 0.25) is 0 Å². The monoisotopic (exact) mass is 552 g/mol. The number of hydrogen-bond donors (Lipinski definition) is 0. The zero-order valence-corrected chi connectivity index (χ0v) is 26.8. The van der Waals surface area contributed by atoms with Gasteiger partial charge in [-0.1, -0.05) is 125 Å². The topological polar surface area (TPSA) is 98.7 Å². The van der Waals surface area contributed by atoms with Crippen molar-refractivity contribution in [2.24, 2.45) is 0 Å². The SMILES string of the molecule is C.CCC.CS(=O)(=O)[O-].CSOO[O-].[Na+].[Na+].c1ccc2ccccc2c1.c1ccc2ccccc2c1. The molecule has 0 fully saturated rings. The Kier molecular flexibility index (Phi) is 32.6. The maximum atomic E-state index is 9.08. The third-order valence-corrected chi connectivity index (χ3v) is 3.60. The van der Waals surface area contributed by atoms with Crippen LogP contribution < -0.4 is 64.4 Å². The van der Waals surface area contributed by atoms with Gasteiger partial charge >= 0.3 is 59.1 Å². The van der Waals surface area contributed by atoms with E-state index in [0.717, 1.165) is 12.0 Å². The smallest absolute Gasteiger partial charge is 0.748 e. The molecule has 0 radical (unpaired) electrons. The standard InChI is InChI=1S/2C10H8.C3H8.2CH4O3S.CH4.2Na/c2*1-2-6-10-8-4-3-7-9(10)5-1;1-3-2;1-5(2,3)4;1-5-4-3-2;;;/h2*1-8H;3H2,1-2H3;1H3,(H,2,3,4);2H,1H3;1H4;;/q;;;;;;2*+1/p-2. The molecule has 0 aliphatic carbocycles. The number of rotatable bonds is 2. The summed E-state index contributed by atoms with van der Waals surface area (Å²) in [6.45, 7) is 4.25. The molecule has 188 valence electrons. The first-order valence-electron chi connectivity index (χ1n) is 10.0. The van der Waals surface area contributed by atoms with Crippen molar-refractivity contribution in [2.75, 3.05) is 12.5 Å². The van der Waals surface area contributed by atoms with Crippen LogP contribution in [-0.4, -0.2) is 25.5 Å². The summed E-state index contributed by atoms with van der Waals surface area (Å²) in [6.07, 6.45) is 3.44. The molecule has 36 heavy (non-hydrogen) atoms. The molecule has 10 heteroatoms. The van der Waals surface area contributed by atoms with Gasteiger partial charge in [0.1, 0.15) is 0 Å². The van der Waals surface area contributed by atoms with E-state index in [1.165, 1.54) is 28.0 Å². The Hall–Kier alpha value is -0.460. The van der Waals surface area contributed by atoms with Gasteiger partial charge in [0, 0.05) is 24.6 Å². The van der Waals surface area contributed by atoms with Gasteiger partial charge in [0.15, 0.2) is 0 Å². The van der Waals surface area contributed by atoms with Gasteiger partial charge in [-0.25, -0.2) is 8.42 Å². The molecule has 0 amide bonds. The maximum absolute atomic E-state index is 9.08. The van der Waals surface area contributed by atoms with Gasteiger partial charge in [-0.05, 0) is 21.5 Å². The Morgan fingerprint density at radius 2 is 0.861 bits per heavy atom. The van der Waals surface area contributed by atoms with Crippen molar-refractivity contribution in [1.82, 2.24) is 0 Å². The number of fused-ring (bicyclic) bond motifs is 2. The molecule has 0 spiro atoms. The minimum absolute atomic E-state index is 0. The van der Waals surface area contributed by atoms with Gasteiger partial charge in [-0.3, -0.25) is 5.04 Å². The van der Waals surface area contributed by atoms with Crippen molar-refractivity contribution in [2.45, 2.75) is 27.7 Å². The van der Waals surface area contributed by atoms with Crippen LogP contribution in [0.3, 0.4) is 0 Å². The van der Waals surface area contributed by atoms with E-state index in [2.05, 4.69) is 120 Å². The van der Waals surface area contributed by atoms with E-state index in [0.29, 0.717) is 6.26 Å². The molecule has 0 aliphatic heterocycles. The zero-order chi connectivity index (χ0) is 25.0. The van der Waals surface area contributed by atoms with E-state index >= 15 is 0 Å². The average Bonchev–Trinajstić information content (AvgIpc) is 2.80. The van der Waals surface area contributed by atoms with E-state index in [-0.39, 0.29) is 66.5 Å². The summed E-state index contributed by atoms with van der Waals surface area (Å²) in [6, 6.07) is 33.4. The van der Waals surface area contributed by atoms with E-state index in [1.807, 2.05) is 0 Å². The largest absolute Gasteiger partial charge is 1.00 e. The first kappa shape index (κ1) is 42.6. The Balaban J connectivity index is -0.000000186. The van der Waals surface area contributed by atoms with Crippen LogP contribution in [0.15, 0.2) is 97.1 Å². The average molecular weight is 553 g/mol. The summed E-state index contributed by atoms with van der Waals surface area (Å²) in [5, 5.41) is 16.9. The van der Waals surface area contributed by atoms with Crippen molar-refractivity contribution >= 4 is 43.7 Å². The fourth-order valence-electron chi connectivity index (χ4n) is 2.29. The molecule has 0 aliphatic rings. The number of benzene rings is 4. The summed E-state index contributed by atoms with van der Waals surface area (Å²) in [4.78, 5) is 0. The Bertz CT molecular complexity index is 917. The molecule has 0 atom stereocenters. The minimum atomic E-state index is -3.92. The van der Waals surface area contributed by atoms with Crippen LogP contribution in [0.5, 0.6) is 0 Å². The van der Waals surface area contributed by atoms with Crippen molar-refractivity contribution in [3.05, 3.63) is 97.1 Å². The molecule has 4 aromatic rings. The minimum Gasteiger partial charge on any atom is -0.748 e. The van der Waals surface area contributed by atoms with Gasteiger partial charge in [-0.2, -0.15) is 4.33 Å². The van der Waals surface area contributed by atoms with Crippen LogP contribution in [-0.2, 0) is 19.5 Å². The molecular formula is C26H34Na2O6S2. The number of hydrogen-bond acceptors (Lipinski definition) is 7. The Morgan fingerprint density at radius 1 is 0.694 bits per heavy atom. The molecule has 0 bridgehead atoms. The first-order valence-corrected chi connectivity index (χ1v) is 13.0. The second kappa shape index (κ2) is 27.6. The summed E-state index contributed by atoms with van der Waals surface area (Å²) >= 11 is 0.867. The molecule has 6 nitrogen and oxygen atoms in total. The van der Waals surface area contributed by atoms with Crippen LogP contribution in [0.4, 0.5) is 0 Å². The summed E-state index contributed by atoms with van der Waals surface area (Å²) in [7, 11) is -3.92. The summed E-state index contributed by atoms with van der Waals surface area (Å²) < 4.78 is 30.9. The Labute approximate surface area is 265 Å². The van der Waals surface area contributed by atoms with Gasteiger partial charge in [-0.15, -0.1) is 0 Å². The molecule has 0 heterocycles. The fraction of sp³-hybridized carbons (Fsp3) is 0.231. The van der Waals surface area contributed by atoms with E-state index < -0.39 is 10.1 Å². The fourth-order valence-corrected chi connectivity index (χ4v) is 2.35. The predicted molar refractivity (Wildman–Crippen MR) is 142 cm³/mol. The van der Waals surface area contributed by atoms with Crippen LogP contribution in [0, 0.1) is 0 Å². The predicted octanol–water partition coefficient (Wildman–Crippen LogP) is 0.389. The van der Waals surface area contributed by atoms with Gasteiger partial charge in [0.25, 0.3) is 0 Å². The van der Waals surface area contributed by atoms with Crippen molar-refractivity contribution in [3.63, 3.8) is 0 Å². The van der Waals surface area contributed by atoms with Crippen molar-refractivity contribution < 1.29 is 86.7 Å². The second-order valence-corrected chi connectivity index (χ2v) is 8.29. The molecule has 4 aromatic carbocycles.